The topological polar surface area (TPSA) is 34.1 Å². The second-order valence-electron chi connectivity index (χ2n) is 6.01. The van der Waals surface area contributed by atoms with E-state index in [1.165, 1.54) is 5.57 Å². The number of fused-ring (bicyclic) bond motifs is 1. The first kappa shape index (κ1) is 12.5. The van der Waals surface area contributed by atoms with Crippen LogP contribution >= 0.6 is 0 Å². The van der Waals surface area contributed by atoms with Crippen molar-refractivity contribution in [2.75, 3.05) is 0 Å². The van der Waals surface area contributed by atoms with Crippen LogP contribution in [0.25, 0.3) is 0 Å². The quantitative estimate of drug-likeness (QED) is 0.735. The first-order chi connectivity index (χ1) is 7.93. The van der Waals surface area contributed by atoms with Gasteiger partial charge in [0.25, 0.3) is 0 Å². The van der Waals surface area contributed by atoms with Gasteiger partial charge in [-0.25, -0.2) is 0 Å². The van der Waals surface area contributed by atoms with Crippen LogP contribution in [0.1, 0.15) is 47.0 Å². The molecule has 2 heteroatoms. The summed E-state index contributed by atoms with van der Waals surface area (Å²) in [6.07, 6.45) is 2.62. The lowest BCUT2D eigenvalue weighted by Gasteiger charge is -2.35. The van der Waals surface area contributed by atoms with E-state index in [1.807, 2.05) is 0 Å². The molecule has 0 radical (unpaired) electrons. The molecule has 0 bridgehead atoms. The maximum atomic E-state index is 12.1. The fourth-order valence-corrected chi connectivity index (χ4v) is 3.70. The van der Waals surface area contributed by atoms with Crippen LogP contribution in [0.5, 0.6) is 0 Å². The highest BCUT2D eigenvalue weighted by molar-refractivity contribution is 6.03. The van der Waals surface area contributed by atoms with Crippen LogP contribution in [0, 0.1) is 23.7 Å². The van der Waals surface area contributed by atoms with E-state index < -0.39 is 0 Å². The van der Waals surface area contributed by atoms with Gasteiger partial charge in [-0.05, 0) is 44.1 Å². The van der Waals surface area contributed by atoms with E-state index in [-0.39, 0.29) is 23.4 Å². The monoisotopic (exact) mass is 234 g/mol. The molecule has 3 atom stereocenters. The molecule has 0 heterocycles. The Bertz CT molecular complexity index is 390. The van der Waals surface area contributed by atoms with Gasteiger partial charge in [0.05, 0.1) is 0 Å². The summed E-state index contributed by atoms with van der Waals surface area (Å²) < 4.78 is 0. The van der Waals surface area contributed by atoms with E-state index >= 15 is 0 Å². The molecular weight excluding hydrogens is 212 g/mol. The Morgan fingerprint density at radius 2 is 2.00 bits per heavy atom. The van der Waals surface area contributed by atoms with E-state index in [0.717, 1.165) is 18.4 Å². The fraction of sp³-hybridized carbons (Fsp3) is 0.733. The van der Waals surface area contributed by atoms with E-state index in [0.29, 0.717) is 18.3 Å². The van der Waals surface area contributed by atoms with Crippen molar-refractivity contribution < 1.29 is 9.59 Å². The number of allylic oxidation sites excluding steroid dienone is 2. The molecule has 0 aliphatic heterocycles. The van der Waals surface area contributed by atoms with Gasteiger partial charge >= 0.3 is 0 Å². The van der Waals surface area contributed by atoms with Gasteiger partial charge in [-0.1, -0.05) is 19.4 Å². The Balaban J connectivity index is 2.43. The molecule has 0 N–H and O–H groups in total. The highest BCUT2D eigenvalue weighted by atomic mass is 16.1. The number of carbonyl (C=O) groups excluding carboxylic acids is 2. The van der Waals surface area contributed by atoms with Crippen molar-refractivity contribution in [2.45, 2.75) is 47.0 Å². The lowest BCUT2D eigenvalue weighted by molar-refractivity contribution is -0.124. The van der Waals surface area contributed by atoms with E-state index in [2.05, 4.69) is 20.8 Å². The van der Waals surface area contributed by atoms with E-state index in [1.54, 1.807) is 6.92 Å². The average molecular weight is 234 g/mol. The van der Waals surface area contributed by atoms with E-state index in [4.69, 9.17) is 0 Å². The van der Waals surface area contributed by atoms with Crippen LogP contribution < -0.4 is 0 Å². The standard InChI is InChI=1S/C15H22O2/c1-8(2)11-6-5-9(3)14-13(17)7-12(10(4)16)15(11)14/h8,11-12,15H,5-7H2,1-4H3. The molecule has 0 spiro atoms. The predicted octanol–water partition coefficient (Wildman–Crippen LogP) is 3.16. The summed E-state index contributed by atoms with van der Waals surface area (Å²) >= 11 is 0. The summed E-state index contributed by atoms with van der Waals surface area (Å²) in [6, 6.07) is 0. The number of Topliss-reactive ketones (excluding diaryl/α,β-unsaturated/α-hetero) is 2. The summed E-state index contributed by atoms with van der Waals surface area (Å²) in [7, 11) is 0. The second kappa shape index (κ2) is 4.40. The minimum absolute atomic E-state index is 0.0415. The van der Waals surface area contributed by atoms with Crippen LogP contribution in [0.15, 0.2) is 11.1 Å². The Kier molecular flexibility index (Phi) is 3.24. The number of carbonyl (C=O) groups is 2. The van der Waals surface area contributed by atoms with Crippen molar-refractivity contribution in [3.05, 3.63) is 11.1 Å². The van der Waals surface area contributed by atoms with Crippen LogP contribution in [0.3, 0.4) is 0 Å². The molecule has 3 unspecified atom stereocenters. The van der Waals surface area contributed by atoms with Gasteiger partial charge in [0.2, 0.25) is 0 Å². The summed E-state index contributed by atoms with van der Waals surface area (Å²) in [4.78, 5) is 23.8. The molecule has 2 aliphatic carbocycles. The Morgan fingerprint density at radius 1 is 1.35 bits per heavy atom. The summed E-state index contributed by atoms with van der Waals surface area (Å²) in [6.45, 7) is 8.13. The van der Waals surface area contributed by atoms with Crippen molar-refractivity contribution in [3.63, 3.8) is 0 Å². The molecule has 94 valence electrons. The maximum Gasteiger partial charge on any atom is 0.159 e. The predicted molar refractivity (Wildman–Crippen MR) is 67.5 cm³/mol. The van der Waals surface area contributed by atoms with Crippen molar-refractivity contribution in [1.29, 1.82) is 0 Å². The molecule has 0 saturated heterocycles. The Hall–Kier alpha value is -0.920. The number of ketones is 2. The number of hydrogen-bond donors (Lipinski definition) is 0. The van der Waals surface area contributed by atoms with E-state index in [9.17, 15) is 9.59 Å². The van der Waals surface area contributed by atoms with Crippen molar-refractivity contribution in [1.82, 2.24) is 0 Å². The zero-order valence-electron chi connectivity index (χ0n) is 11.2. The number of rotatable bonds is 2. The lowest BCUT2D eigenvalue weighted by atomic mass is 9.68. The summed E-state index contributed by atoms with van der Waals surface area (Å²) in [5.74, 6) is 1.66. The third-order valence-electron chi connectivity index (χ3n) is 4.62. The van der Waals surface area contributed by atoms with Gasteiger partial charge in [0.15, 0.2) is 5.78 Å². The van der Waals surface area contributed by atoms with Crippen LogP contribution in [-0.4, -0.2) is 11.6 Å². The summed E-state index contributed by atoms with van der Waals surface area (Å²) in [5.41, 5.74) is 2.25. The first-order valence-electron chi connectivity index (χ1n) is 6.66. The molecule has 1 saturated carbocycles. The largest absolute Gasteiger partial charge is 0.300 e. The Morgan fingerprint density at radius 3 is 2.53 bits per heavy atom. The zero-order chi connectivity index (χ0) is 12.7. The minimum atomic E-state index is -0.0415. The normalized spacial score (nSPS) is 33.2. The average Bonchev–Trinajstić information content (AvgIpc) is 2.57. The molecule has 2 rings (SSSR count). The molecular formula is C15H22O2. The summed E-state index contributed by atoms with van der Waals surface area (Å²) in [5, 5.41) is 0. The van der Waals surface area contributed by atoms with Gasteiger partial charge in [-0.2, -0.15) is 0 Å². The van der Waals surface area contributed by atoms with Gasteiger partial charge in [-0.3, -0.25) is 9.59 Å². The maximum absolute atomic E-state index is 12.1. The first-order valence-corrected chi connectivity index (χ1v) is 6.66. The van der Waals surface area contributed by atoms with Crippen LogP contribution in [0.4, 0.5) is 0 Å². The number of hydrogen-bond acceptors (Lipinski definition) is 2. The van der Waals surface area contributed by atoms with Gasteiger partial charge < -0.3 is 0 Å². The van der Waals surface area contributed by atoms with Gasteiger partial charge in [0, 0.05) is 18.3 Å². The molecule has 0 aromatic carbocycles. The molecule has 1 fully saturated rings. The van der Waals surface area contributed by atoms with Crippen molar-refractivity contribution in [3.8, 4) is 0 Å². The van der Waals surface area contributed by atoms with Crippen molar-refractivity contribution in [2.24, 2.45) is 23.7 Å². The van der Waals surface area contributed by atoms with Crippen molar-refractivity contribution >= 4 is 11.6 Å². The minimum Gasteiger partial charge on any atom is -0.300 e. The van der Waals surface area contributed by atoms with Gasteiger partial charge in [0.1, 0.15) is 5.78 Å². The third kappa shape index (κ3) is 1.98. The van der Waals surface area contributed by atoms with Crippen LogP contribution in [-0.2, 0) is 9.59 Å². The fourth-order valence-electron chi connectivity index (χ4n) is 3.70. The molecule has 17 heavy (non-hydrogen) atoms. The second-order valence-corrected chi connectivity index (χ2v) is 6.01. The molecule has 2 aliphatic rings. The third-order valence-corrected chi connectivity index (χ3v) is 4.62. The Labute approximate surface area is 103 Å². The zero-order valence-corrected chi connectivity index (χ0v) is 11.2. The molecule has 0 aromatic heterocycles. The highest BCUT2D eigenvalue weighted by Gasteiger charge is 2.47. The van der Waals surface area contributed by atoms with Gasteiger partial charge in [-0.15, -0.1) is 0 Å². The SMILES string of the molecule is CC(=O)C1CC(=O)C2=C(C)CCC(C(C)C)C21. The molecule has 0 amide bonds. The van der Waals surface area contributed by atoms with Crippen LogP contribution in [0.2, 0.25) is 0 Å². The molecule has 2 nitrogen and oxygen atoms in total. The molecule has 0 aromatic rings. The lowest BCUT2D eigenvalue weighted by Crippen LogP contribution is -2.31. The smallest absolute Gasteiger partial charge is 0.159 e. The highest BCUT2D eigenvalue weighted by Crippen LogP contribution is 2.49.